The summed E-state index contributed by atoms with van der Waals surface area (Å²) in [6, 6.07) is 0. The molecule has 2 fully saturated rings. The lowest BCUT2D eigenvalue weighted by Crippen LogP contribution is -2.57. The summed E-state index contributed by atoms with van der Waals surface area (Å²) in [5.74, 6) is 0.445. The Morgan fingerprint density at radius 3 is 2.32 bits per heavy atom. The van der Waals surface area contributed by atoms with Crippen LogP contribution in [-0.2, 0) is 4.43 Å². The van der Waals surface area contributed by atoms with Gasteiger partial charge in [-0.15, -0.1) is 0 Å². The summed E-state index contributed by atoms with van der Waals surface area (Å²) >= 11 is 0. The van der Waals surface area contributed by atoms with Crippen molar-refractivity contribution in [2.45, 2.75) is 103 Å². The van der Waals surface area contributed by atoms with E-state index in [1.54, 1.807) is 0 Å². The topological polar surface area (TPSA) is 49.7 Å². The Morgan fingerprint density at radius 1 is 1.24 bits per heavy atom. The molecule has 4 heteroatoms. The van der Waals surface area contributed by atoms with E-state index < -0.39 is 13.9 Å². The largest absolute Gasteiger partial charge is 0.516 e. The van der Waals surface area contributed by atoms with Crippen LogP contribution in [0, 0.1) is 17.3 Å². The molecular formula is C21H40O3Si. The molecule has 0 spiro atoms. The third-order valence-corrected chi connectivity index (χ3v) is 12.3. The molecule has 0 aromatic carbocycles. The van der Waals surface area contributed by atoms with Crippen LogP contribution in [0.5, 0.6) is 0 Å². The molecule has 146 valence electrons. The van der Waals surface area contributed by atoms with Gasteiger partial charge in [-0.3, -0.25) is 0 Å². The molecule has 25 heavy (non-hydrogen) atoms. The van der Waals surface area contributed by atoms with Crippen molar-refractivity contribution in [2.75, 3.05) is 0 Å². The minimum Gasteiger partial charge on any atom is -0.516 e. The molecule has 2 rings (SSSR count). The number of fused-ring (bicyclic) bond motifs is 1. The van der Waals surface area contributed by atoms with Gasteiger partial charge < -0.3 is 14.6 Å². The van der Waals surface area contributed by atoms with Crippen molar-refractivity contribution >= 4 is 8.32 Å². The molecule has 0 aliphatic heterocycles. The molecule has 0 unspecified atom stereocenters. The van der Waals surface area contributed by atoms with Gasteiger partial charge in [0.05, 0.1) is 18.0 Å². The predicted molar refractivity (Wildman–Crippen MR) is 107 cm³/mol. The summed E-state index contributed by atoms with van der Waals surface area (Å²) < 4.78 is 6.89. The molecule has 0 aromatic rings. The molecule has 0 heterocycles. The van der Waals surface area contributed by atoms with E-state index in [0.29, 0.717) is 0 Å². The maximum absolute atomic E-state index is 11.1. The van der Waals surface area contributed by atoms with Crippen LogP contribution in [0.1, 0.15) is 73.6 Å². The molecule has 0 amide bonds. The zero-order chi connectivity index (χ0) is 19.3. The van der Waals surface area contributed by atoms with Gasteiger partial charge in [0, 0.05) is 0 Å². The number of allylic oxidation sites excluding steroid dienone is 1. The van der Waals surface area contributed by atoms with Crippen molar-refractivity contribution in [3.63, 3.8) is 0 Å². The van der Waals surface area contributed by atoms with Gasteiger partial charge in [0.2, 0.25) is 0 Å². The Labute approximate surface area is 156 Å². The second-order valence-corrected chi connectivity index (χ2v) is 15.4. The smallest absolute Gasteiger partial charge is 0.192 e. The molecule has 2 aliphatic rings. The average Bonchev–Trinajstić information content (AvgIpc) is 2.48. The third kappa shape index (κ3) is 3.72. The SMILES string of the molecule is CC(C)[C@@]1(O)CC[C@@]2(C)[C@H](O[Si](C)(C)C(C)(C)C)CC/C(=C\O)[C@@H]2C1. The Hall–Kier alpha value is -0.323. The van der Waals surface area contributed by atoms with E-state index in [9.17, 15) is 10.2 Å². The van der Waals surface area contributed by atoms with E-state index in [-0.39, 0.29) is 28.4 Å². The summed E-state index contributed by atoms with van der Waals surface area (Å²) in [4.78, 5) is 0. The lowest BCUT2D eigenvalue weighted by atomic mass is 9.53. The van der Waals surface area contributed by atoms with Crippen LogP contribution in [0.3, 0.4) is 0 Å². The van der Waals surface area contributed by atoms with Gasteiger partial charge in [-0.05, 0) is 73.1 Å². The van der Waals surface area contributed by atoms with Crippen molar-refractivity contribution in [1.82, 2.24) is 0 Å². The van der Waals surface area contributed by atoms with Crippen LogP contribution in [0.25, 0.3) is 0 Å². The molecule has 2 N–H and O–H groups in total. The number of aliphatic hydroxyl groups excluding tert-OH is 1. The van der Waals surface area contributed by atoms with Crippen molar-refractivity contribution < 1.29 is 14.6 Å². The Morgan fingerprint density at radius 2 is 1.84 bits per heavy atom. The van der Waals surface area contributed by atoms with Gasteiger partial charge in [-0.25, -0.2) is 0 Å². The third-order valence-electron chi connectivity index (χ3n) is 7.81. The first-order chi connectivity index (χ1) is 11.3. The van der Waals surface area contributed by atoms with Crippen LogP contribution < -0.4 is 0 Å². The highest BCUT2D eigenvalue weighted by Gasteiger charge is 2.55. The van der Waals surface area contributed by atoms with E-state index >= 15 is 0 Å². The van der Waals surface area contributed by atoms with Gasteiger partial charge in [0.15, 0.2) is 8.32 Å². The molecule has 0 aromatic heterocycles. The fraction of sp³-hybridized carbons (Fsp3) is 0.905. The van der Waals surface area contributed by atoms with E-state index in [1.165, 1.54) is 6.26 Å². The number of hydrogen-bond donors (Lipinski definition) is 2. The first-order valence-corrected chi connectivity index (χ1v) is 12.9. The van der Waals surface area contributed by atoms with Gasteiger partial charge in [-0.1, -0.05) is 41.5 Å². The minimum absolute atomic E-state index is 0.00343. The lowest BCUT2D eigenvalue weighted by molar-refractivity contribution is -0.124. The van der Waals surface area contributed by atoms with Gasteiger partial charge in [0.1, 0.15) is 0 Å². The maximum atomic E-state index is 11.1. The first-order valence-electron chi connectivity index (χ1n) is 10.0. The Bertz CT molecular complexity index is 520. The highest BCUT2D eigenvalue weighted by Crippen LogP contribution is 2.57. The van der Waals surface area contributed by atoms with Crippen molar-refractivity contribution in [3.05, 3.63) is 11.8 Å². The highest BCUT2D eigenvalue weighted by atomic mass is 28.4. The second kappa shape index (κ2) is 6.69. The molecule has 0 bridgehead atoms. The standard InChI is InChI=1S/C21H40O3Si/c1-15(2)21(23)12-11-20(6)17(13-21)16(14-22)9-10-18(20)24-25(7,8)19(3,4)5/h14-15,17-18,22-23H,9-13H2,1-8H3/b16-14+/t17-,18+,20+,21+/m0/s1. The summed E-state index contributed by atoms with van der Waals surface area (Å²) in [6.07, 6.45) is 5.92. The monoisotopic (exact) mass is 368 g/mol. The van der Waals surface area contributed by atoms with Crippen molar-refractivity contribution in [2.24, 2.45) is 17.3 Å². The summed E-state index contributed by atoms with van der Waals surface area (Å²) in [7, 11) is -1.85. The predicted octanol–water partition coefficient (Wildman–Crippen LogP) is 5.81. The molecule has 0 saturated heterocycles. The molecule has 4 atom stereocenters. The normalized spacial score (nSPS) is 38.9. The minimum atomic E-state index is -1.85. The average molecular weight is 369 g/mol. The molecule has 2 aliphatic carbocycles. The van der Waals surface area contributed by atoms with Crippen LogP contribution in [0.15, 0.2) is 11.8 Å². The van der Waals surface area contributed by atoms with Crippen LogP contribution >= 0.6 is 0 Å². The van der Waals surface area contributed by atoms with Gasteiger partial charge >= 0.3 is 0 Å². The van der Waals surface area contributed by atoms with Crippen molar-refractivity contribution in [3.8, 4) is 0 Å². The number of rotatable bonds is 3. The summed E-state index contributed by atoms with van der Waals surface area (Å²) in [5, 5.41) is 21.1. The van der Waals surface area contributed by atoms with Gasteiger partial charge in [0.25, 0.3) is 0 Å². The highest BCUT2D eigenvalue weighted by molar-refractivity contribution is 6.74. The van der Waals surface area contributed by atoms with Crippen molar-refractivity contribution in [1.29, 1.82) is 0 Å². The fourth-order valence-corrected chi connectivity index (χ4v) is 5.95. The van der Waals surface area contributed by atoms with Crippen LogP contribution in [-0.4, -0.2) is 30.2 Å². The van der Waals surface area contributed by atoms with E-state index in [0.717, 1.165) is 37.7 Å². The number of aliphatic hydroxyl groups is 2. The first kappa shape index (κ1) is 21.0. The summed E-state index contributed by atoms with van der Waals surface area (Å²) in [5.41, 5.74) is 0.483. The maximum Gasteiger partial charge on any atom is 0.192 e. The lowest BCUT2D eigenvalue weighted by Gasteiger charge is -2.57. The van der Waals surface area contributed by atoms with Gasteiger partial charge in [-0.2, -0.15) is 0 Å². The molecule has 0 radical (unpaired) electrons. The summed E-state index contributed by atoms with van der Waals surface area (Å²) in [6.45, 7) is 18.1. The molecule has 2 saturated carbocycles. The van der Waals surface area contributed by atoms with Crippen LogP contribution in [0.4, 0.5) is 0 Å². The van der Waals surface area contributed by atoms with Crippen LogP contribution in [0.2, 0.25) is 18.1 Å². The van der Waals surface area contributed by atoms with E-state index in [1.807, 2.05) is 0 Å². The fourth-order valence-electron chi connectivity index (χ4n) is 4.50. The molecular weight excluding hydrogens is 328 g/mol. The quantitative estimate of drug-likeness (QED) is 0.488. The van der Waals surface area contributed by atoms with E-state index in [2.05, 4.69) is 54.6 Å². The second-order valence-electron chi connectivity index (χ2n) is 10.6. The number of hydrogen-bond acceptors (Lipinski definition) is 3. The Kier molecular flexibility index (Phi) is 5.61. The zero-order valence-electron chi connectivity index (χ0n) is 17.6. The van der Waals surface area contributed by atoms with E-state index in [4.69, 9.17) is 4.43 Å². The Balaban J connectivity index is 2.33. The zero-order valence-corrected chi connectivity index (χ0v) is 18.6. The molecule has 3 nitrogen and oxygen atoms in total.